The van der Waals surface area contributed by atoms with Crippen molar-refractivity contribution in [3.8, 4) is 0 Å². The number of nitrogens with zero attached hydrogens (tertiary/aromatic N) is 1. The lowest BCUT2D eigenvalue weighted by atomic mass is 9.97. The van der Waals surface area contributed by atoms with E-state index in [2.05, 4.69) is 5.32 Å². The zero-order valence-corrected chi connectivity index (χ0v) is 14.1. The van der Waals surface area contributed by atoms with Crippen molar-refractivity contribution >= 4 is 31.2 Å². The van der Waals surface area contributed by atoms with Crippen LogP contribution < -0.4 is 10.5 Å². The molecule has 10 heteroatoms. The number of nitrogens with one attached hydrogen (secondary N) is 1. The molecule has 118 valence electrons. The minimum atomic E-state index is -3.90. The van der Waals surface area contributed by atoms with E-state index in [0.29, 0.717) is 5.56 Å². The summed E-state index contributed by atoms with van der Waals surface area (Å²) in [5.41, 5.74) is 0.527. The summed E-state index contributed by atoms with van der Waals surface area (Å²) in [5.74, 6) is -0.00847. The van der Waals surface area contributed by atoms with Crippen LogP contribution in [0.15, 0.2) is 14.5 Å². The molecule has 1 saturated heterocycles. The fourth-order valence-electron chi connectivity index (χ4n) is 3.08. The molecule has 1 fully saturated rings. The lowest BCUT2D eigenvalue weighted by Gasteiger charge is -2.45. The number of nitrogens with two attached hydrogens (primary N) is 1. The first kappa shape index (κ1) is 15.4. The van der Waals surface area contributed by atoms with E-state index >= 15 is 0 Å². The molecule has 3 unspecified atom stereocenters. The van der Waals surface area contributed by atoms with E-state index in [9.17, 15) is 16.8 Å². The maximum atomic E-state index is 12.4. The highest BCUT2D eigenvalue weighted by atomic mass is 32.3. The van der Waals surface area contributed by atoms with Gasteiger partial charge < -0.3 is 5.32 Å². The normalized spacial score (nSPS) is 32.4. The minimum absolute atomic E-state index is 0.00847. The second-order valence-corrected chi connectivity index (χ2v) is 10.8. The molecule has 0 aromatic carbocycles. The minimum Gasteiger partial charge on any atom is -0.305 e. The van der Waals surface area contributed by atoms with Crippen molar-refractivity contribution in [2.24, 2.45) is 5.14 Å². The van der Waals surface area contributed by atoms with Crippen molar-refractivity contribution in [3.05, 3.63) is 11.6 Å². The summed E-state index contributed by atoms with van der Waals surface area (Å²) in [4.78, 5) is 2.01. The number of hydrogen-bond donors (Lipinski definition) is 2. The summed E-state index contributed by atoms with van der Waals surface area (Å²) in [6, 6.07) is 1.22. The van der Waals surface area contributed by atoms with Crippen molar-refractivity contribution in [3.63, 3.8) is 0 Å². The number of likely N-dealkylation sites (N-methyl/N-ethyl adjacent to an activating group) is 1. The van der Waals surface area contributed by atoms with Gasteiger partial charge in [0, 0.05) is 24.2 Å². The predicted molar refractivity (Wildman–Crippen MR) is 79.5 cm³/mol. The summed E-state index contributed by atoms with van der Waals surface area (Å²) in [6.45, 7) is 2.76. The van der Waals surface area contributed by atoms with Gasteiger partial charge in [-0.15, -0.1) is 11.3 Å². The molecule has 2 aliphatic rings. The maximum absolute atomic E-state index is 12.4. The molecule has 2 aliphatic heterocycles. The van der Waals surface area contributed by atoms with Gasteiger partial charge in [0.25, 0.3) is 0 Å². The maximum Gasteiger partial charge on any atom is 0.247 e. The monoisotopic (exact) mass is 351 g/mol. The molecule has 7 nitrogen and oxygen atoms in total. The molecule has 3 rings (SSSR count). The zero-order chi connectivity index (χ0) is 15.6. The van der Waals surface area contributed by atoms with E-state index in [1.54, 1.807) is 0 Å². The Hall–Kier alpha value is -0.520. The first-order chi connectivity index (χ1) is 9.59. The van der Waals surface area contributed by atoms with Gasteiger partial charge in [-0.25, -0.2) is 22.0 Å². The van der Waals surface area contributed by atoms with Crippen molar-refractivity contribution in [1.82, 2.24) is 10.2 Å². The third-order valence-electron chi connectivity index (χ3n) is 3.97. The molecule has 21 heavy (non-hydrogen) atoms. The number of thiophene rings is 1. The van der Waals surface area contributed by atoms with Crippen LogP contribution in [-0.2, 0) is 19.9 Å². The lowest BCUT2D eigenvalue weighted by molar-refractivity contribution is 0.132. The lowest BCUT2D eigenvalue weighted by Crippen LogP contribution is -2.59. The van der Waals surface area contributed by atoms with Gasteiger partial charge in [-0.3, -0.25) is 4.90 Å². The third kappa shape index (κ3) is 2.53. The largest absolute Gasteiger partial charge is 0.305 e. The number of rotatable bonds is 1. The van der Waals surface area contributed by atoms with Crippen LogP contribution in [-0.4, -0.2) is 53.2 Å². The predicted octanol–water partition coefficient (Wildman–Crippen LogP) is -0.484. The van der Waals surface area contributed by atoms with E-state index in [-0.39, 0.29) is 32.3 Å². The Bertz CT molecular complexity index is 784. The summed E-state index contributed by atoms with van der Waals surface area (Å²) < 4.78 is 47.9. The number of primary sulfonamides is 1. The quantitative estimate of drug-likeness (QED) is 0.707. The van der Waals surface area contributed by atoms with Gasteiger partial charge in [0.15, 0.2) is 9.84 Å². The van der Waals surface area contributed by atoms with Gasteiger partial charge >= 0.3 is 0 Å². The van der Waals surface area contributed by atoms with Gasteiger partial charge in [0.1, 0.15) is 8.42 Å². The van der Waals surface area contributed by atoms with Gasteiger partial charge in [0.05, 0.1) is 11.8 Å². The Morgan fingerprint density at radius 3 is 2.76 bits per heavy atom. The van der Waals surface area contributed by atoms with Crippen LogP contribution in [0.25, 0.3) is 0 Å². The number of hydrogen-bond acceptors (Lipinski definition) is 7. The molecule has 3 heterocycles. The Morgan fingerprint density at radius 1 is 1.48 bits per heavy atom. The molecule has 3 atom stereocenters. The second-order valence-electron chi connectivity index (χ2n) is 5.69. The average molecular weight is 351 g/mol. The summed E-state index contributed by atoms with van der Waals surface area (Å²) >= 11 is 0.748. The highest BCUT2D eigenvalue weighted by Gasteiger charge is 2.44. The number of sulfone groups is 1. The molecule has 0 radical (unpaired) electrons. The van der Waals surface area contributed by atoms with E-state index in [1.165, 1.54) is 6.07 Å². The molecule has 0 spiro atoms. The van der Waals surface area contributed by atoms with Crippen LogP contribution in [0.1, 0.15) is 18.5 Å². The molecule has 3 N–H and O–H groups in total. The summed E-state index contributed by atoms with van der Waals surface area (Å²) in [6.07, 6.45) is 0. The second kappa shape index (κ2) is 4.74. The topological polar surface area (TPSA) is 110 Å². The average Bonchev–Trinajstić information content (AvgIpc) is 2.77. The Kier molecular flexibility index (Phi) is 3.47. The first-order valence-electron chi connectivity index (χ1n) is 6.45. The number of piperazine rings is 1. The first-order valence-corrected chi connectivity index (χ1v) is 10.5. The summed E-state index contributed by atoms with van der Waals surface area (Å²) in [7, 11) is -5.49. The molecule has 1 aromatic heterocycles. The van der Waals surface area contributed by atoms with Gasteiger partial charge in [0.2, 0.25) is 10.0 Å². The van der Waals surface area contributed by atoms with Crippen molar-refractivity contribution < 1.29 is 16.8 Å². The van der Waals surface area contributed by atoms with Crippen LogP contribution in [0, 0.1) is 0 Å². The zero-order valence-electron chi connectivity index (χ0n) is 11.6. The van der Waals surface area contributed by atoms with Crippen molar-refractivity contribution in [2.75, 3.05) is 19.3 Å². The smallest absolute Gasteiger partial charge is 0.247 e. The Morgan fingerprint density at radius 2 is 2.14 bits per heavy atom. The van der Waals surface area contributed by atoms with E-state index in [1.807, 2.05) is 18.9 Å². The third-order valence-corrected chi connectivity index (χ3v) is 8.93. The van der Waals surface area contributed by atoms with Gasteiger partial charge in [-0.05, 0) is 20.0 Å². The van der Waals surface area contributed by atoms with Gasteiger partial charge in [-0.1, -0.05) is 0 Å². The molecule has 0 amide bonds. The van der Waals surface area contributed by atoms with Crippen molar-refractivity contribution in [1.29, 1.82) is 0 Å². The number of fused-ring (bicyclic) bond motifs is 3. The van der Waals surface area contributed by atoms with Crippen LogP contribution in [0.3, 0.4) is 0 Å². The van der Waals surface area contributed by atoms with Gasteiger partial charge in [-0.2, -0.15) is 0 Å². The highest BCUT2D eigenvalue weighted by molar-refractivity contribution is 7.95. The van der Waals surface area contributed by atoms with E-state index in [0.717, 1.165) is 17.9 Å². The molecule has 0 saturated carbocycles. The van der Waals surface area contributed by atoms with E-state index < -0.39 is 19.9 Å². The fraction of sp³-hybridized carbons (Fsp3) is 0.636. The molecule has 1 aromatic rings. The van der Waals surface area contributed by atoms with Crippen molar-refractivity contribution in [2.45, 2.75) is 33.5 Å². The number of sulfonamides is 1. The molecule has 0 aliphatic carbocycles. The molecular weight excluding hydrogens is 334 g/mol. The highest BCUT2D eigenvalue weighted by Crippen LogP contribution is 2.42. The van der Waals surface area contributed by atoms with Crippen LogP contribution in [0.2, 0.25) is 0 Å². The van der Waals surface area contributed by atoms with E-state index in [4.69, 9.17) is 5.14 Å². The molecular formula is C11H17N3O4S3. The van der Waals surface area contributed by atoms with Crippen LogP contribution in [0.4, 0.5) is 0 Å². The SMILES string of the molecule is CC1CN(C)C2CS(=O)(=O)c3sc(S(N)(=O)=O)cc3C2N1. The van der Waals surface area contributed by atoms with Crippen LogP contribution >= 0.6 is 11.3 Å². The van der Waals surface area contributed by atoms with Crippen LogP contribution in [0.5, 0.6) is 0 Å². The Balaban J connectivity index is 2.18. The molecule has 0 bridgehead atoms. The fourth-order valence-corrected chi connectivity index (χ4v) is 7.49. The Labute approximate surface area is 128 Å². The summed E-state index contributed by atoms with van der Waals surface area (Å²) in [5, 5.41) is 8.51. The standard InChI is InChI=1S/C11H17N3O4S3/c1-6-4-14(2)8-5-20(15,16)11-7(10(8)13-6)3-9(19-11)21(12,17)18/h3,6,8,10,13H,4-5H2,1-2H3,(H2,12,17,18).